The van der Waals surface area contributed by atoms with Gasteiger partial charge < -0.3 is 24.3 Å². The van der Waals surface area contributed by atoms with Crippen molar-refractivity contribution >= 4 is 23.6 Å². The van der Waals surface area contributed by atoms with Crippen molar-refractivity contribution in [2.45, 2.75) is 13.8 Å². The number of benzene rings is 2. The summed E-state index contributed by atoms with van der Waals surface area (Å²) < 4.78 is 20.9. The van der Waals surface area contributed by atoms with Crippen molar-refractivity contribution in [1.82, 2.24) is 0 Å². The molecule has 1 amide bonds. The Bertz CT molecular complexity index is 994. The van der Waals surface area contributed by atoms with Crippen LogP contribution in [0.2, 0.25) is 0 Å². The van der Waals surface area contributed by atoms with Gasteiger partial charge in [0.05, 0.1) is 20.3 Å². The maximum Gasteiger partial charge on any atom is 0.343 e. The van der Waals surface area contributed by atoms with Crippen LogP contribution < -0.4 is 19.5 Å². The fourth-order valence-corrected chi connectivity index (χ4v) is 2.54. The van der Waals surface area contributed by atoms with Gasteiger partial charge in [0, 0.05) is 11.8 Å². The number of ether oxygens (including phenoxy) is 4. The van der Waals surface area contributed by atoms with Gasteiger partial charge in [0.1, 0.15) is 17.4 Å². The van der Waals surface area contributed by atoms with E-state index in [4.69, 9.17) is 14.2 Å². The second-order valence-electron chi connectivity index (χ2n) is 6.09. The number of rotatable bonds is 10. The summed E-state index contributed by atoms with van der Waals surface area (Å²) in [5.41, 5.74) is 0.981. The van der Waals surface area contributed by atoms with Crippen molar-refractivity contribution in [3.63, 3.8) is 0 Å². The molecule has 162 valence electrons. The van der Waals surface area contributed by atoms with Crippen LogP contribution in [0.15, 0.2) is 48.0 Å². The third-order valence-electron chi connectivity index (χ3n) is 3.92. The Morgan fingerprint density at radius 1 is 1.03 bits per heavy atom. The molecule has 0 saturated carbocycles. The molecule has 0 atom stereocenters. The number of anilines is 1. The van der Waals surface area contributed by atoms with Gasteiger partial charge in [0.25, 0.3) is 5.91 Å². The molecular formula is C23H24N2O6. The lowest BCUT2D eigenvalue weighted by Gasteiger charge is -2.12. The van der Waals surface area contributed by atoms with E-state index in [1.165, 1.54) is 13.2 Å². The van der Waals surface area contributed by atoms with Gasteiger partial charge in [-0.3, -0.25) is 4.79 Å². The molecule has 2 rings (SSSR count). The molecule has 1 N–H and O–H groups in total. The van der Waals surface area contributed by atoms with Gasteiger partial charge in [-0.2, -0.15) is 5.26 Å². The summed E-state index contributed by atoms with van der Waals surface area (Å²) >= 11 is 0. The molecule has 2 aromatic carbocycles. The second kappa shape index (κ2) is 11.9. The van der Waals surface area contributed by atoms with E-state index in [-0.39, 0.29) is 12.2 Å². The number of nitrogens with one attached hydrogen (secondary N) is 1. The van der Waals surface area contributed by atoms with Gasteiger partial charge >= 0.3 is 5.97 Å². The zero-order valence-corrected chi connectivity index (χ0v) is 17.6. The third kappa shape index (κ3) is 7.08. The van der Waals surface area contributed by atoms with E-state index in [2.05, 4.69) is 10.1 Å². The highest BCUT2D eigenvalue weighted by atomic mass is 16.6. The van der Waals surface area contributed by atoms with Gasteiger partial charge in [0.2, 0.25) is 0 Å². The fourth-order valence-electron chi connectivity index (χ4n) is 2.54. The molecular weight excluding hydrogens is 400 g/mol. The maximum atomic E-state index is 12.6. The predicted molar refractivity (Wildman–Crippen MR) is 115 cm³/mol. The van der Waals surface area contributed by atoms with Crippen LogP contribution in [0, 0.1) is 11.3 Å². The van der Waals surface area contributed by atoms with E-state index in [0.29, 0.717) is 41.7 Å². The van der Waals surface area contributed by atoms with Crippen LogP contribution >= 0.6 is 0 Å². The van der Waals surface area contributed by atoms with Gasteiger partial charge in [-0.15, -0.1) is 0 Å². The average molecular weight is 424 g/mol. The Balaban J connectivity index is 2.21. The first-order valence-corrected chi connectivity index (χ1v) is 9.63. The molecule has 8 heteroatoms. The quantitative estimate of drug-likeness (QED) is 0.353. The highest BCUT2D eigenvalue weighted by Crippen LogP contribution is 2.29. The molecule has 0 spiro atoms. The minimum Gasteiger partial charge on any atom is -0.494 e. The number of hydrogen-bond donors (Lipinski definition) is 1. The van der Waals surface area contributed by atoms with Crippen LogP contribution in [-0.4, -0.2) is 38.8 Å². The molecule has 0 saturated heterocycles. The number of esters is 1. The largest absolute Gasteiger partial charge is 0.494 e. The van der Waals surface area contributed by atoms with E-state index in [1.807, 2.05) is 13.0 Å². The van der Waals surface area contributed by atoms with E-state index < -0.39 is 11.9 Å². The summed E-state index contributed by atoms with van der Waals surface area (Å²) in [6.45, 7) is 4.27. The van der Waals surface area contributed by atoms with Crippen LogP contribution in [0.3, 0.4) is 0 Å². The molecule has 0 radical (unpaired) electrons. The van der Waals surface area contributed by atoms with Crippen LogP contribution in [-0.2, 0) is 14.3 Å². The molecule has 0 aromatic heterocycles. The van der Waals surface area contributed by atoms with Crippen LogP contribution in [0.1, 0.15) is 19.4 Å². The predicted octanol–water partition coefficient (Wildman–Crippen LogP) is 3.58. The molecule has 0 unspecified atom stereocenters. The first-order valence-electron chi connectivity index (χ1n) is 9.63. The number of carbonyl (C=O) groups excluding carboxylic acids is 2. The zero-order chi connectivity index (χ0) is 22.6. The van der Waals surface area contributed by atoms with Crippen molar-refractivity contribution in [3.8, 4) is 23.3 Å². The van der Waals surface area contributed by atoms with Crippen molar-refractivity contribution in [1.29, 1.82) is 5.26 Å². The van der Waals surface area contributed by atoms with E-state index in [0.717, 1.165) is 0 Å². The standard InChI is InChI=1S/C23H24N2O6/c1-4-29-19-8-6-7-18(13-19)25-23(27)17(14-24)11-16-9-10-20(21(12-16)30-5-2)31-15-22(26)28-3/h6-13H,4-5,15H2,1-3H3,(H,25,27)/b17-11-. The SMILES string of the molecule is CCOc1cccc(NC(=O)/C(C#N)=C\c2ccc(OCC(=O)OC)c(OCC)c2)c1. The van der Waals surface area contributed by atoms with E-state index >= 15 is 0 Å². The Kier molecular flexibility index (Phi) is 8.92. The monoisotopic (exact) mass is 424 g/mol. The smallest absolute Gasteiger partial charge is 0.343 e. The van der Waals surface area contributed by atoms with Gasteiger partial charge in [-0.25, -0.2) is 4.79 Å². The number of methoxy groups -OCH3 is 1. The second-order valence-corrected chi connectivity index (χ2v) is 6.09. The first kappa shape index (κ1) is 23.3. The van der Waals surface area contributed by atoms with Crippen LogP contribution in [0.5, 0.6) is 17.2 Å². The van der Waals surface area contributed by atoms with Crippen molar-refractivity contribution in [3.05, 3.63) is 53.6 Å². The molecule has 0 bridgehead atoms. The average Bonchev–Trinajstić information content (AvgIpc) is 2.77. The molecule has 0 aliphatic heterocycles. The number of hydrogen-bond acceptors (Lipinski definition) is 7. The van der Waals surface area contributed by atoms with Crippen LogP contribution in [0.25, 0.3) is 6.08 Å². The molecule has 8 nitrogen and oxygen atoms in total. The molecule has 0 heterocycles. The normalized spacial score (nSPS) is 10.6. The maximum absolute atomic E-state index is 12.6. The van der Waals surface area contributed by atoms with E-state index in [9.17, 15) is 14.9 Å². The molecule has 0 aliphatic rings. The minimum atomic E-state index is -0.555. The lowest BCUT2D eigenvalue weighted by atomic mass is 10.1. The van der Waals surface area contributed by atoms with Gasteiger partial charge in [0.15, 0.2) is 18.1 Å². The number of nitrogens with zero attached hydrogens (tertiary/aromatic N) is 1. The summed E-state index contributed by atoms with van der Waals surface area (Å²) in [6, 6.07) is 13.7. The molecule has 31 heavy (non-hydrogen) atoms. The highest BCUT2D eigenvalue weighted by Gasteiger charge is 2.13. The Hall–Kier alpha value is -3.99. The molecule has 0 aliphatic carbocycles. The lowest BCUT2D eigenvalue weighted by Crippen LogP contribution is -2.14. The number of amides is 1. The molecule has 2 aromatic rings. The van der Waals surface area contributed by atoms with Gasteiger partial charge in [-0.05, 0) is 49.8 Å². The third-order valence-corrected chi connectivity index (χ3v) is 3.92. The number of carbonyl (C=O) groups is 2. The van der Waals surface area contributed by atoms with Crippen molar-refractivity contribution in [2.24, 2.45) is 0 Å². The summed E-state index contributed by atoms with van der Waals surface area (Å²) in [5, 5.41) is 12.1. The topological polar surface area (TPSA) is 107 Å². The first-order chi connectivity index (χ1) is 15.0. The Morgan fingerprint density at radius 3 is 2.48 bits per heavy atom. The Labute approximate surface area is 181 Å². The lowest BCUT2D eigenvalue weighted by molar-refractivity contribution is -0.142. The Morgan fingerprint density at radius 2 is 1.81 bits per heavy atom. The van der Waals surface area contributed by atoms with Crippen LogP contribution in [0.4, 0.5) is 5.69 Å². The summed E-state index contributed by atoms with van der Waals surface area (Å²) in [4.78, 5) is 23.9. The van der Waals surface area contributed by atoms with Crippen molar-refractivity contribution < 1.29 is 28.5 Å². The number of nitriles is 1. The zero-order valence-electron chi connectivity index (χ0n) is 17.6. The van der Waals surface area contributed by atoms with E-state index in [1.54, 1.807) is 49.4 Å². The minimum absolute atomic E-state index is 0.0903. The highest BCUT2D eigenvalue weighted by molar-refractivity contribution is 6.09. The summed E-state index contributed by atoms with van der Waals surface area (Å²) in [7, 11) is 1.27. The summed E-state index contributed by atoms with van der Waals surface area (Å²) in [6.07, 6.45) is 1.44. The van der Waals surface area contributed by atoms with Crippen molar-refractivity contribution in [2.75, 3.05) is 32.2 Å². The fraction of sp³-hybridized carbons (Fsp3) is 0.261. The molecule has 0 fully saturated rings. The van der Waals surface area contributed by atoms with Gasteiger partial charge in [-0.1, -0.05) is 12.1 Å². The summed E-state index contributed by atoms with van der Waals surface area (Å²) in [5.74, 6) is 0.262.